The number of aromatic nitrogens is 3. The van der Waals surface area contributed by atoms with Crippen LogP contribution in [0.1, 0.15) is 50.4 Å². The Morgan fingerprint density at radius 3 is 2.96 bits per heavy atom. The average molecular weight is 347 g/mol. The van der Waals surface area contributed by atoms with E-state index < -0.39 is 0 Å². The van der Waals surface area contributed by atoms with Gasteiger partial charge in [0.25, 0.3) is 0 Å². The van der Waals surface area contributed by atoms with Crippen molar-refractivity contribution < 1.29 is 14.3 Å². The summed E-state index contributed by atoms with van der Waals surface area (Å²) in [5.74, 6) is 0.474. The smallest absolute Gasteiger partial charge is 0.223 e. The van der Waals surface area contributed by atoms with Gasteiger partial charge in [-0.25, -0.2) is 4.68 Å². The number of hydrogen-bond donors (Lipinski definition) is 1. The lowest BCUT2D eigenvalue weighted by molar-refractivity contribution is -0.152. The number of amides is 2. The summed E-state index contributed by atoms with van der Waals surface area (Å²) in [6, 6.07) is 0. The Labute approximate surface area is 146 Å². The van der Waals surface area contributed by atoms with E-state index in [-0.39, 0.29) is 23.3 Å². The van der Waals surface area contributed by atoms with E-state index in [1.807, 2.05) is 16.5 Å². The molecule has 1 aromatic heterocycles. The van der Waals surface area contributed by atoms with Crippen molar-refractivity contribution in [3.05, 3.63) is 11.4 Å². The molecule has 0 radical (unpaired) electrons. The van der Waals surface area contributed by atoms with Gasteiger partial charge >= 0.3 is 0 Å². The van der Waals surface area contributed by atoms with E-state index in [2.05, 4.69) is 15.6 Å². The molecular weight excluding hydrogens is 322 g/mol. The predicted molar refractivity (Wildman–Crippen MR) is 88.2 cm³/mol. The van der Waals surface area contributed by atoms with Gasteiger partial charge < -0.3 is 15.0 Å². The Morgan fingerprint density at radius 2 is 2.20 bits per heavy atom. The Kier molecular flexibility index (Phi) is 4.23. The van der Waals surface area contributed by atoms with Gasteiger partial charge in [0.2, 0.25) is 11.8 Å². The molecule has 1 unspecified atom stereocenters. The largest absolute Gasteiger partial charge is 0.365 e. The third-order valence-electron chi connectivity index (χ3n) is 5.44. The molecule has 8 nitrogen and oxygen atoms in total. The molecule has 1 N–H and O–H groups in total. The number of carbonyl (C=O) groups excluding carboxylic acids is 2. The molecule has 2 fully saturated rings. The molecule has 0 bridgehead atoms. The maximum atomic E-state index is 12.0. The van der Waals surface area contributed by atoms with E-state index >= 15 is 0 Å². The van der Waals surface area contributed by atoms with Crippen LogP contribution in [0.4, 0.5) is 0 Å². The maximum Gasteiger partial charge on any atom is 0.223 e. The topological polar surface area (TPSA) is 89.4 Å². The van der Waals surface area contributed by atoms with E-state index in [1.165, 1.54) is 0 Å². The highest BCUT2D eigenvalue weighted by Crippen LogP contribution is 2.33. The molecule has 1 spiro atoms. The normalized spacial score (nSPS) is 25.7. The van der Waals surface area contributed by atoms with Crippen molar-refractivity contribution in [3.63, 3.8) is 0 Å². The van der Waals surface area contributed by atoms with Gasteiger partial charge in [-0.1, -0.05) is 12.1 Å². The minimum atomic E-state index is -0.363. The van der Waals surface area contributed by atoms with Crippen LogP contribution in [0.3, 0.4) is 0 Å². The molecule has 25 heavy (non-hydrogen) atoms. The fraction of sp³-hybridized carbons (Fsp3) is 0.765. The second-order valence-corrected chi connectivity index (χ2v) is 7.38. The van der Waals surface area contributed by atoms with E-state index in [0.717, 1.165) is 43.6 Å². The van der Waals surface area contributed by atoms with Crippen molar-refractivity contribution in [2.24, 2.45) is 5.92 Å². The number of ether oxygens (including phenoxy) is 1. The summed E-state index contributed by atoms with van der Waals surface area (Å²) in [4.78, 5) is 25.8. The van der Waals surface area contributed by atoms with Gasteiger partial charge in [-0.15, -0.1) is 5.10 Å². The van der Waals surface area contributed by atoms with Gasteiger partial charge in [0.1, 0.15) is 11.3 Å². The van der Waals surface area contributed by atoms with Crippen LogP contribution in [0.25, 0.3) is 0 Å². The molecule has 2 aliphatic heterocycles. The number of piperidine rings is 1. The van der Waals surface area contributed by atoms with Gasteiger partial charge in [0, 0.05) is 18.9 Å². The minimum absolute atomic E-state index is 0.107. The van der Waals surface area contributed by atoms with E-state index in [4.69, 9.17) is 4.74 Å². The molecule has 1 saturated carbocycles. The van der Waals surface area contributed by atoms with Crippen LogP contribution in [0.15, 0.2) is 0 Å². The molecule has 4 rings (SSSR count). The average Bonchev–Trinajstić information content (AvgIpc) is 3.41. The first-order valence-corrected chi connectivity index (χ1v) is 9.21. The second-order valence-electron chi connectivity index (χ2n) is 7.38. The van der Waals surface area contributed by atoms with Gasteiger partial charge in [-0.05, 0) is 25.7 Å². The number of hydrogen-bond acceptors (Lipinski definition) is 5. The van der Waals surface area contributed by atoms with Crippen LogP contribution in [-0.4, -0.2) is 50.4 Å². The number of fused-ring (bicyclic) bond motifs is 1. The third-order valence-corrected chi connectivity index (χ3v) is 5.44. The quantitative estimate of drug-likeness (QED) is 0.862. The van der Waals surface area contributed by atoms with E-state index in [9.17, 15) is 9.59 Å². The van der Waals surface area contributed by atoms with Crippen molar-refractivity contribution in [1.82, 2.24) is 25.2 Å². The second kappa shape index (κ2) is 6.40. The number of carbonyl (C=O) groups is 2. The maximum absolute atomic E-state index is 12.0. The van der Waals surface area contributed by atoms with Crippen molar-refractivity contribution in [1.29, 1.82) is 0 Å². The van der Waals surface area contributed by atoms with Crippen molar-refractivity contribution >= 4 is 11.8 Å². The molecule has 1 atom stereocenters. The lowest BCUT2D eigenvalue weighted by atomic mass is 9.91. The monoisotopic (exact) mass is 347 g/mol. The van der Waals surface area contributed by atoms with Crippen LogP contribution in [0.2, 0.25) is 0 Å². The van der Waals surface area contributed by atoms with Gasteiger partial charge in [-0.2, -0.15) is 0 Å². The summed E-state index contributed by atoms with van der Waals surface area (Å²) < 4.78 is 8.11. The molecule has 1 aliphatic carbocycles. The summed E-state index contributed by atoms with van der Waals surface area (Å²) in [5, 5.41) is 11.4. The van der Waals surface area contributed by atoms with Crippen LogP contribution in [0, 0.1) is 5.92 Å². The zero-order chi connectivity index (χ0) is 17.4. The molecule has 136 valence electrons. The first-order valence-electron chi connectivity index (χ1n) is 9.21. The zero-order valence-electron chi connectivity index (χ0n) is 14.7. The molecule has 8 heteroatoms. The van der Waals surface area contributed by atoms with Crippen LogP contribution in [0.5, 0.6) is 0 Å². The van der Waals surface area contributed by atoms with Gasteiger partial charge in [0.15, 0.2) is 0 Å². The minimum Gasteiger partial charge on any atom is -0.365 e. The van der Waals surface area contributed by atoms with Crippen LogP contribution in [-0.2, 0) is 34.0 Å². The lowest BCUT2D eigenvalue weighted by Crippen LogP contribution is -2.55. The number of likely N-dealkylation sites (tertiary alicyclic amines) is 1. The molecule has 2 amide bonds. The van der Waals surface area contributed by atoms with Gasteiger partial charge in [0.05, 0.1) is 31.9 Å². The van der Waals surface area contributed by atoms with Crippen LogP contribution >= 0.6 is 0 Å². The summed E-state index contributed by atoms with van der Waals surface area (Å²) in [7, 11) is 0. The molecule has 0 aromatic carbocycles. The summed E-state index contributed by atoms with van der Waals surface area (Å²) in [6.07, 6.45) is 4.37. The molecule has 3 aliphatic rings. The highest BCUT2D eigenvalue weighted by molar-refractivity contribution is 5.80. The first kappa shape index (κ1) is 16.5. The van der Waals surface area contributed by atoms with Crippen molar-refractivity contribution in [3.8, 4) is 0 Å². The van der Waals surface area contributed by atoms with Crippen molar-refractivity contribution in [2.75, 3.05) is 13.1 Å². The van der Waals surface area contributed by atoms with Crippen LogP contribution < -0.4 is 5.32 Å². The predicted octanol–water partition coefficient (Wildman–Crippen LogP) is 0.606. The number of rotatable bonds is 4. The van der Waals surface area contributed by atoms with E-state index in [1.54, 1.807) is 0 Å². The summed E-state index contributed by atoms with van der Waals surface area (Å²) in [6.45, 7) is 4.76. The fourth-order valence-electron chi connectivity index (χ4n) is 3.77. The van der Waals surface area contributed by atoms with E-state index in [0.29, 0.717) is 32.7 Å². The Balaban J connectivity index is 1.43. The highest BCUT2D eigenvalue weighted by Gasteiger charge is 2.42. The molecule has 1 aromatic rings. The SMILES string of the molecule is CCC(=O)N1CCCC2(C1)Cn1nnc(CNC(=O)C3CC3)c1CO2. The number of nitrogens with one attached hydrogen (secondary N) is 1. The number of nitrogens with zero attached hydrogens (tertiary/aromatic N) is 4. The summed E-state index contributed by atoms with van der Waals surface area (Å²) in [5.41, 5.74) is 1.35. The first-order chi connectivity index (χ1) is 12.1. The fourth-order valence-corrected chi connectivity index (χ4v) is 3.77. The van der Waals surface area contributed by atoms with Crippen molar-refractivity contribution in [2.45, 2.75) is 64.3 Å². The van der Waals surface area contributed by atoms with Gasteiger partial charge in [-0.3, -0.25) is 9.59 Å². The molecule has 3 heterocycles. The summed E-state index contributed by atoms with van der Waals surface area (Å²) >= 11 is 0. The standard InChI is InChI=1S/C17H25N5O3/c1-2-15(23)21-7-3-6-17(10-21)11-22-14(9-25-17)13(19-20-22)8-18-16(24)12-4-5-12/h12H,2-11H2,1H3,(H,18,24). The highest BCUT2D eigenvalue weighted by atomic mass is 16.5. The molecule has 1 saturated heterocycles. The Bertz CT molecular complexity index is 684. The zero-order valence-corrected chi connectivity index (χ0v) is 14.7. The third kappa shape index (κ3) is 3.27. The molecular formula is C17H25N5O3. The Morgan fingerprint density at radius 1 is 1.36 bits per heavy atom. The Hall–Kier alpha value is -1.96. The lowest BCUT2D eigenvalue weighted by Gasteiger charge is -2.44.